The van der Waals surface area contributed by atoms with E-state index in [0.717, 1.165) is 6.26 Å². The van der Waals surface area contributed by atoms with Crippen LogP contribution in [-0.2, 0) is 24.9 Å². The van der Waals surface area contributed by atoms with Gasteiger partial charge < -0.3 is 15.2 Å². The van der Waals surface area contributed by atoms with E-state index in [1.807, 2.05) is 20.8 Å². The Bertz CT molecular complexity index is 1130. The molecule has 1 aromatic carbocycles. The fraction of sp³-hybridized carbons (Fsp3) is 0.500. The first kappa shape index (κ1) is 25.5. The summed E-state index contributed by atoms with van der Waals surface area (Å²) >= 11 is 0. The third-order valence-electron chi connectivity index (χ3n) is 4.67. The highest BCUT2D eigenvalue weighted by atomic mass is 32.2. The van der Waals surface area contributed by atoms with E-state index in [2.05, 4.69) is 5.10 Å². The molecule has 0 amide bonds. The van der Waals surface area contributed by atoms with Gasteiger partial charge in [0.1, 0.15) is 5.60 Å². The van der Waals surface area contributed by atoms with Crippen LogP contribution in [0.1, 0.15) is 41.0 Å². The van der Waals surface area contributed by atoms with Gasteiger partial charge in [0.05, 0.1) is 29.8 Å². The topological polar surface area (TPSA) is 131 Å². The molecule has 0 spiro atoms. The average Bonchev–Trinajstić information content (AvgIpc) is 2.67. The second kappa shape index (κ2) is 9.41. The van der Waals surface area contributed by atoms with Crippen LogP contribution < -0.4 is 16.0 Å². The summed E-state index contributed by atoms with van der Waals surface area (Å²) in [5, 5.41) is 4.29. The molecule has 0 aliphatic rings. The van der Waals surface area contributed by atoms with Crippen LogP contribution in [0.2, 0.25) is 0 Å². The largest absolute Gasteiger partial charge is 0.487 e. The first-order valence-electron chi connectivity index (χ1n) is 10.1. The zero-order chi connectivity index (χ0) is 24.3. The van der Waals surface area contributed by atoms with E-state index < -0.39 is 32.5 Å². The maximum atomic E-state index is 13.2. The molecular weight excluding hydrogens is 434 g/mol. The number of nitrogens with two attached hydrogens (primary N) is 1. The van der Waals surface area contributed by atoms with Crippen molar-refractivity contribution in [1.29, 1.82) is 0 Å². The summed E-state index contributed by atoms with van der Waals surface area (Å²) in [5.41, 5.74) is 4.50. The number of sulfone groups is 1. The Morgan fingerprint density at radius 1 is 1.12 bits per heavy atom. The minimum atomic E-state index is -3.35. The molecule has 2 rings (SSSR count). The third kappa shape index (κ3) is 6.39. The first-order valence-corrected chi connectivity index (χ1v) is 12.0. The molecule has 0 aliphatic carbocycles. The number of carbonyl (C=O) groups excluding carboxylic acids is 1. The maximum absolute atomic E-state index is 13.2. The average molecular weight is 466 g/mol. The molecule has 0 atom stereocenters. The number of esters is 1. The second-order valence-electron chi connectivity index (χ2n) is 9.11. The Labute approximate surface area is 188 Å². The lowest BCUT2D eigenvalue weighted by Gasteiger charge is -2.26. The quantitative estimate of drug-likeness (QED) is 0.587. The van der Waals surface area contributed by atoms with Gasteiger partial charge in [-0.1, -0.05) is 12.1 Å². The van der Waals surface area contributed by atoms with Crippen molar-refractivity contribution in [1.82, 2.24) is 9.78 Å². The summed E-state index contributed by atoms with van der Waals surface area (Å²) in [5.74, 6) is -0.441. The third-order valence-corrected chi connectivity index (χ3v) is 5.80. The Balaban J connectivity index is 2.42. The summed E-state index contributed by atoms with van der Waals surface area (Å²) in [6.45, 7) is 8.88. The van der Waals surface area contributed by atoms with Gasteiger partial charge in [-0.3, -0.25) is 9.59 Å². The highest BCUT2D eigenvalue weighted by molar-refractivity contribution is 7.90. The van der Waals surface area contributed by atoms with Gasteiger partial charge in [0.2, 0.25) is 0 Å². The van der Waals surface area contributed by atoms with Gasteiger partial charge in [0, 0.05) is 18.2 Å². The minimum absolute atomic E-state index is 0.0861. The standard InChI is InChI=1S/C22H31N3O6S/c1-21(2,3)25-20(27)19(30-12-11-22(4,5)31-18(26)13-23)17(14-24-25)15-7-9-16(10-8-15)32(6,28)29/h7-10,14H,11-13,23H2,1-6H3. The Morgan fingerprint density at radius 3 is 2.22 bits per heavy atom. The van der Waals surface area contributed by atoms with E-state index in [-0.39, 0.29) is 23.8 Å². The molecule has 32 heavy (non-hydrogen) atoms. The predicted octanol–water partition coefficient (Wildman–Crippen LogP) is 2.12. The minimum Gasteiger partial charge on any atom is -0.487 e. The molecule has 2 N–H and O–H groups in total. The monoisotopic (exact) mass is 465 g/mol. The molecular formula is C22H31N3O6S. The van der Waals surface area contributed by atoms with E-state index in [0.29, 0.717) is 17.5 Å². The summed E-state index contributed by atoms with van der Waals surface area (Å²) in [4.78, 5) is 24.9. The molecule has 1 heterocycles. The zero-order valence-corrected chi connectivity index (χ0v) is 20.2. The Morgan fingerprint density at radius 2 is 1.72 bits per heavy atom. The molecule has 0 unspecified atom stereocenters. The molecule has 0 fully saturated rings. The number of ether oxygens (including phenoxy) is 2. The lowest BCUT2D eigenvalue weighted by Crippen LogP contribution is -2.37. The number of benzene rings is 1. The summed E-state index contributed by atoms with van der Waals surface area (Å²) in [7, 11) is -3.35. The number of nitrogens with zero attached hydrogens (tertiary/aromatic N) is 2. The smallest absolute Gasteiger partial charge is 0.320 e. The van der Waals surface area contributed by atoms with Crippen molar-refractivity contribution < 1.29 is 22.7 Å². The normalized spacial score (nSPS) is 12.5. The fourth-order valence-corrected chi connectivity index (χ4v) is 3.57. The van der Waals surface area contributed by atoms with Gasteiger partial charge >= 0.3 is 11.5 Å². The highest BCUT2D eigenvalue weighted by Crippen LogP contribution is 2.29. The van der Waals surface area contributed by atoms with Crippen molar-refractivity contribution in [3.05, 3.63) is 40.8 Å². The Hall–Kier alpha value is -2.72. The molecule has 10 heteroatoms. The van der Waals surface area contributed by atoms with Crippen LogP contribution in [0.15, 0.2) is 40.2 Å². The highest BCUT2D eigenvalue weighted by Gasteiger charge is 2.25. The van der Waals surface area contributed by atoms with Gasteiger partial charge in [0.15, 0.2) is 15.6 Å². The summed E-state index contributed by atoms with van der Waals surface area (Å²) < 4.78 is 36.0. The van der Waals surface area contributed by atoms with Crippen molar-refractivity contribution >= 4 is 15.8 Å². The van der Waals surface area contributed by atoms with E-state index in [4.69, 9.17) is 15.2 Å². The van der Waals surface area contributed by atoms with Gasteiger partial charge in [-0.15, -0.1) is 0 Å². The molecule has 1 aromatic heterocycles. The van der Waals surface area contributed by atoms with E-state index in [1.165, 1.54) is 23.0 Å². The molecule has 0 aliphatic heterocycles. The van der Waals surface area contributed by atoms with Crippen molar-refractivity contribution in [3.63, 3.8) is 0 Å². The number of hydrogen-bond donors (Lipinski definition) is 1. The number of rotatable bonds is 8. The van der Waals surface area contributed by atoms with Gasteiger partial charge in [-0.05, 0) is 52.3 Å². The summed E-state index contributed by atoms with van der Waals surface area (Å²) in [6, 6.07) is 6.15. The molecule has 176 valence electrons. The molecule has 9 nitrogen and oxygen atoms in total. The maximum Gasteiger partial charge on any atom is 0.320 e. The van der Waals surface area contributed by atoms with Crippen LogP contribution in [0.3, 0.4) is 0 Å². The number of hydrogen-bond acceptors (Lipinski definition) is 8. The van der Waals surface area contributed by atoms with E-state index in [9.17, 15) is 18.0 Å². The summed E-state index contributed by atoms with van der Waals surface area (Å²) in [6.07, 6.45) is 2.97. The molecule has 0 radical (unpaired) electrons. The van der Waals surface area contributed by atoms with Crippen LogP contribution >= 0.6 is 0 Å². The second-order valence-corrected chi connectivity index (χ2v) is 11.1. The Kier molecular flexibility index (Phi) is 7.51. The van der Waals surface area contributed by atoms with E-state index >= 15 is 0 Å². The van der Waals surface area contributed by atoms with Crippen LogP contribution in [0.25, 0.3) is 11.1 Å². The lowest BCUT2D eigenvalue weighted by molar-refractivity contribution is -0.155. The van der Waals surface area contributed by atoms with Crippen molar-refractivity contribution in [2.24, 2.45) is 5.73 Å². The van der Waals surface area contributed by atoms with Crippen LogP contribution in [0.4, 0.5) is 0 Å². The molecule has 2 aromatic rings. The van der Waals surface area contributed by atoms with Crippen molar-refractivity contribution in [2.75, 3.05) is 19.4 Å². The molecule has 0 saturated heterocycles. The number of aromatic nitrogens is 2. The molecule has 0 saturated carbocycles. The lowest BCUT2D eigenvalue weighted by atomic mass is 10.1. The predicted molar refractivity (Wildman–Crippen MR) is 121 cm³/mol. The van der Waals surface area contributed by atoms with E-state index in [1.54, 1.807) is 26.0 Å². The van der Waals surface area contributed by atoms with Crippen LogP contribution in [0.5, 0.6) is 5.75 Å². The van der Waals surface area contributed by atoms with Crippen LogP contribution in [-0.4, -0.2) is 49.2 Å². The SMILES string of the molecule is CC(C)(CCOc1c(-c2ccc(S(C)(=O)=O)cc2)cnn(C(C)(C)C)c1=O)OC(=O)CN. The van der Waals surface area contributed by atoms with Gasteiger partial charge in [-0.2, -0.15) is 5.10 Å². The van der Waals surface area contributed by atoms with Gasteiger partial charge in [-0.25, -0.2) is 13.1 Å². The van der Waals surface area contributed by atoms with Gasteiger partial charge in [0.25, 0.3) is 0 Å². The van der Waals surface area contributed by atoms with Crippen molar-refractivity contribution in [2.45, 2.75) is 57.1 Å². The first-order chi connectivity index (χ1) is 14.7. The molecule has 0 bridgehead atoms. The van der Waals surface area contributed by atoms with Crippen LogP contribution in [0, 0.1) is 0 Å². The zero-order valence-electron chi connectivity index (χ0n) is 19.3. The van der Waals surface area contributed by atoms with Crippen molar-refractivity contribution in [3.8, 4) is 16.9 Å². The number of carbonyl (C=O) groups is 1. The fourth-order valence-electron chi connectivity index (χ4n) is 2.94.